The van der Waals surface area contributed by atoms with Crippen LogP contribution in [0.5, 0.6) is 0 Å². The predicted octanol–water partition coefficient (Wildman–Crippen LogP) is -2.75. The lowest BCUT2D eigenvalue weighted by atomic mass is 10.5. The monoisotopic (exact) mass is 392 g/mol. The highest BCUT2D eigenvalue weighted by Crippen LogP contribution is 1.81. The van der Waals surface area contributed by atoms with Crippen molar-refractivity contribution in [2.45, 2.75) is 0 Å². The highest BCUT2D eigenvalue weighted by molar-refractivity contribution is 5.84. The molecule has 158 valence electrons. The Kier molecular flexibility index (Phi) is 17.7. The number of ether oxygens (including phenoxy) is 4. The zero-order valence-electron chi connectivity index (χ0n) is 16.1. The molecule has 0 aromatic carbocycles. The molecule has 0 spiro atoms. The third-order valence-electron chi connectivity index (χ3n) is 3.00. The van der Waals surface area contributed by atoms with Gasteiger partial charge in [-0.15, -0.1) is 0 Å². The van der Waals surface area contributed by atoms with Crippen molar-refractivity contribution in [3.8, 4) is 0 Å². The molecule has 0 bridgehead atoms. The van der Waals surface area contributed by atoms with Crippen LogP contribution in [0.3, 0.4) is 0 Å². The third-order valence-corrected chi connectivity index (χ3v) is 3.00. The topological polar surface area (TPSA) is 136 Å². The summed E-state index contributed by atoms with van der Waals surface area (Å²) in [5.41, 5.74) is 0. The normalized spacial score (nSPS) is 10.4. The summed E-state index contributed by atoms with van der Waals surface area (Å²) < 4.78 is 20.8. The summed E-state index contributed by atoms with van der Waals surface area (Å²) in [4.78, 5) is 33.7. The van der Waals surface area contributed by atoms with Crippen LogP contribution in [0, 0.1) is 0 Å². The second-order valence-electron chi connectivity index (χ2n) is 5.23. The molecule has 0 rings (SSSR count). The zero-order chi connectivity index (χ0) is 20.2. The van der Waals surface area contributed by atoms with E-state index < -0.39 is 0 Å². The molecule has 0 fully saturated rings. The number of likely N-dealkylation sites (N-methyl/N-ethyl adjacent to an activating group) is 2. The first-order chi connectivity index (χ1) is 13.1. The van der Waals surface area contributed by atoms with Crippen LogP contribution in [-0.2, 0) is 33.3 Å². The molecule has 11 nitrogen and oxygen atoms in total. The summed E-state index contributed by atoms with van der Waals surface area (Å²) in [6.07, 6.45) is 0. The molecular weight excluding hydrogens is 360 g/mol. The Morgan fingerprint density at radius 3 is 1.70 bits per heavy atom. The van der Waals surface area contributed by atoms with Crippen LogP contribution in [-0.4, -0.2) is 104 Å². The van der Waals surface area contributed by atoms with Gasteiger partial charge in [0, 0.05) is 20.1 Å². The van der Waals surface area contributed by atoms with Crippen molar-refractivity contribution < 1.29 is 33.3 Å². The zero-order valence-corrected chi connectivity index (χ0v) is 16.1. The minimum atomic E-state index is -0.377. The fourth-order valence-electron chi connectivity index (χ4n) is 1.58. The molecule has 0 saturated heterocycles. The molecule has 0 heterocycles. The van der Waals surface area contributed by atoms with Crippen LogP contribution in [0.15, 0.2) is 0 Å². The number of nitrogens with one attached hydrogen (secondary N) is 4. The molecule has 0 radical (unpaired) electrons. The average molecular weight is 392 g/mol. The molecule has 0 aliphatic heterocycles. The van der Waals surface area contributed by atoms with Crippen molar-refractivity contribution in [1.82, 2.24) is 21.3 Å². The van der Waals surface area contributed by atoms with Gasteiger partial charge >= 0.3 is 0 Å². The number of hydrogen-bond acceptors (Lipinski definition) is 8. The quantitative estimate of drug-likeness (QED) is 0.184. The fourth-order valence-corrected chi connectivity index (χ4v) is 1.58. The van der Waals surface area contributed by atoms with Gasteiger partial charge in [0.05, 0.1) is 46.2 Å². The number of carbonyl (C=O) groups excluding carboxylic acids is 3. The predicted molar refractivity (Wildman–Crippen MR) is 97.3 cm³/mol. The lowest BCUT2D eigenvalue weighted by Gasteiger charge is -2.08. The van der Waals surface area contributed by atoms with Crippen molar-refractivity contribution in [3.05, 3.63) is 0 Å². The maximum absolute atomic E-state index is 11.5. The summed E-state index contributed by atoms with van der Waals surface area (Å²) in [7, 11) is 3.33. The first-order valence-corrected chi connectivity index (χ1v) is 8.79. The van der Waals surface area contributed by atoms with Gasteiger partial charge < -0.3 is 40.2 Å². The van der Waals surface area contributed by atoms with Gasteiger partial charge in [-0.2, -0.15) is 0 Å². The molecule has 0 saturated carbocycles. The number of hydrogen-bond donors (Lipinski definition) is 4. The number of carbonyl (C=O) groups is 3. The minimum absolute atomic E-state index is 0.0241. The van der Waals surface area contributed by atoms with E-state index in [1.54, 1.807) is 0 Å². The fraction of sp³-hybridized carbons (Fsp3) is 0.812. The molecule has 0 aliphatic rings. The van der Waals surface area contributed by atoms with Crippen molar-refractivity contribution in [3.63, 3.8) is 0 Å². The first kappa shape index (κ1) is 25.2. The van der Waals surface area contributed by atoms with Gasteiger partial charge in [-0.1, -0.05) is 0 Å². The molecule has 11 heteroatoms. The highest BCUT2D eigenvalue weighted by Gasteiger charge is 2.04. The Morgan fingerprint density at radius 1 is 0.630 bits per heavy atom. The van der Waals surface area contributed by atoms with E-state index in [0.29, 0.717) is 39.6 Å². The maximum atomic E-state index is 11.5. The van der Waals surface area contributed by atoms with Crippen LogP contribution in [0.4, 0.5) is 0 Å². The molecule has 0 atom stereocenters. The van der Waals surface area contributed by atoms with E-state index in [1.807, 2.05) is 7.05 Å². The second-order valence-corrected chi connectivity index (χ2v) is 5.23. The molecular formula is C16H32N4O7. The summed E-state index contributed by atoms with van der Waals surface area (Å²) >= 11 is 0. The van der Waals surface area contributed by atoms with Gasteiger partial charge in [0.1, 0.15) is 13.2 Å². The summed E-state index contributed by atoms with van der Waals surface area (Å²) in [5, 5.41) is 10.4. The van der Waals surface area contributed by atoms with Crippen LogP contribution in [0.1, 0.15) is 0 Å². The Morgan fingerprint density at radius 2 is 1.15 bits per heavy atom. The number of rotatable bonds is 18. The molecule has 27 heavy (non-hydrogen) atoms. The van der Waals surface area contributed by atoms with E-state index in [1.165, 1.54) is 7.05 Å². The van der Waals surface area contributed by atoms with E-state index in [9.17, 15) is 14.4 Å². The van der Waals surface area contributed by atoms with E-state index >= 15 is 0 Å². The lowest BCUT2D eigenvalue weighted by Crippen LogP contribution is -2.37. The SMILES string of the molecule is CNCCOCCOCC(=O)NCCOCCOCC(=O)NCC(=O)NC. The van der Waals surface area contributed by atoms with Gasteiger partial charge in [0.2, 0.25) is 17.7 Å². The summed E-state index contributed by atoms with van der Waals surface area (Å²) in [6, 6.07) is 0. The Bertz CT molecular complexity index is 410. The van der Waals surface area contributed by atoms with Crippen molar-refractivity contribution in [2.75, 3.05) is 86.6 Å². The maximum Gasteiger partial charge on any atom is 0.246 e. The van der Waals surface area contributed by atoms with Gasteiger partial charge in [-0.3, -0.25) is 14.4 Å². The number of amides is 3. The molecule has 0 aromatic rings. The largest absolute Gasteiger partial charge is 0.378 e. The van der Waals surface area contributed by atoms with Crippen LogP contribution >= 0.6 is 0 Å². The van der Waals surface area contributed by atoms with Gasteiger partial charge in [0.25, 0.3) is 0 Å². The molecule has 0 aromatic heterocycles. The Hall–Kier alpha value is -1.79. The van der Waals surface area contributed by atoms with E-state index in [2.05, 4.69) is 21.3 Å². The van der Waals surface area contributed by atoms with Crippen LogP contribution in [0.25, 0.3) is 0 Å². The first-order valence-electron chi connectivity index (χ1n) is 8.79. The highest BCUT2D eigenvalue weighted by atomic mass is 16.5. The Labute approximate surface area is 159 Å². The van der Waals surface area contributed by atoms with Gasteiger partial charge in [-0.05, 0) is 7.05 Å². The summed E-state index contributed by atoms with van der Waals surface area (Å²) in [5.74, 6) is -0.881. The molecule has 4 N–H and O–H groups in total. The molecule has 0 unspecified atom stereocenters. The lowest BCUT2D eigenvalue weighted by molar-refractivity contribution is -0.129. The standard InChI is InChI=1S/C16H32N4O7/c1-17-3-5-24-7-9-26-12-15(22)19-4-6-25-8-10-27-13-16(23)20-11-14(21)18-2/h17H,3-13H2,1-2H3,(H,18,21)(H,19,22)(H,20,23). The Balaban J connectivity index is 3.30. The van der Waals surface area contributed by atoms with Crippen LogP contribution < -0.4 is 21.3 Å². The van der Waals surface area contributed by atoms with Gasteiger partial charge in [0.15, 0.2) is 0 Å². The van der Waals surface area contributed by atoms with Gasteiger partial charge in [-0.25, -0.2) is 0 Å². The van der Waals surface area contributed by atoms with E-state index in [4.69, 9.17) is 18.9 Å². The van der Waals surface area contributed by atoms with Crippen LogP contribution in [0.2, 0.25) is 0 Å². The second kappa shape index (κ2) is 19.0. The van der Waals surface area contributed by atoms with E-state index in [-0.39, 0.29) is 44.1 Å². The smallest absolute Gasteiger partial charge is 0.246 e. The molecule has 0 aliphatic carbocycles. The minimum Gasteiger partial charge on any atom is -0.378 e. The average Bonchev–Trinajstić information content (AvgIpc) is 2.67. The van der Waals surface area contributed by atoms with Crippen molar-refractivity contribution in [1.29, 1.82) is 0 Å². The van der Waals surface area contributed by atoms with Crippen molar-refractivity contribution >= 4 is 17.7 Å². The summed E-state index contributed by atoms with van der Waals surface area (Å²) in [6.45, 7) is 3.14. The van der Waals surface area contributed by atoms with Crippen molar-refractivity contribution in [2.24, 2.45) is 0 Å². The molecule has 3 amide bonds. The third kappa shape index (κ3) is 18.8. The van der Waals surface area contributed by atoms with E-state index in [0.717, 1.165) is 6.54 Å².